The Balaban J connectivity index is 0.000000750. The predicted octanol–water partition coefficient (Wildman–Crippen LogP) is 1.05. The van der Waals surface area contributed by atoms with E-state index in [1.54, 1.807) is 0 Å². The molecule has 0 spiro atoms. The third-order valence-corrected chi connectivity index (χ3v) is 3.94. The van der Waals surface area contributed by atoms with Gasteiger partial charge in [0, 0.05) is 24.0 Å². The molecule has 4 rings (SSSR count). The van der Waals surface area contributed by atoms with Gasteiger partial charge in [-0.15, -0.1) is 12.4 Å². The molecule has 1 heterocycles. The van der Waals surface area contributed by atoms with Crippen molar-refractivity contribution >= 4 is 18.3 Å². The minimum absolute atomic E-state index is 0. The van der Waals surface area contributed by atoms with Crippen LogP contribution in [0.4, 0.5) is 0 Å². The Kier molecular flexibility index (Phi) is 2.09. The Morgan fingerprint density at radius 3 is 2.36 bits per heavy atom. The number of halogens is 1. The fourth-order valence-corrected chi connectivity index (χ4v) is 3.40. The summed E-state index contributed by atoms with van der Waals surface area (Å²) in [4.78, 5) is 13.8. The van der Waals surface area contributed by atoms with Crippen molar-refractivity contribution in [2.45, 2.75) is 49.6 Å². The van der Waals surface area contributed by atoms with Crippen LogP contribution in [0, 0.1) is 0 Å². The first-order valence-electron chi connectivity index (χ1n) is 5.23. The lowest BCUT2D eigenvalue weighted by molar-refractivity contribution is -0.183. The van der Waals surface area contributed by atoms with Crippen molar-refractivity contribution in [3.05, 3.63) is 0 Å². The van der Waals surface area contributed by atoms with Gasteiger partial charge < -0.3 is 10.6 Å². The Morgan fingerprint density at radius 1 is 1.21 bits per heavy atom. The number of piperidine rings is 1. The zero-order chi connectivity index (χ0) is 9.10. The number of nitrogens with zero attached hydrogens (tertiary/aromatic N) is 1. The van der Waals surface area contributed by atoms with Crippen LogP contribution in [-0.2, 0) is 4.79 Å². The maximum absolute atomic E-state index is 11.6. The predicted molar refractivity (Wildman–Crippen MR) is 56.3 cm³/mol. The molecule has 4 heteroatoms. The SMILES string of the molecule is Cl.NC12CC(N3CCCCC3=O)(C1)C2. The zero-order valence-corrected chi connectivity index (χ0v) is 9.11. The van der Waals surface area contributed by atoms with Gasteiger partial charge in [-0.3, -0.25) is 4.79 Å². The van der Waals surface area contributed by atoms with E-state index in [1.165, 1.54) is 6.42 Å². The minimum atomic E-state index is 0. The highest BCUT2D eigenvalue weighted by atomic mass is 35.5. The van der Waals surface area contributed by atoms with Crippen LogP contribution in [0.25, 0.3) is 0 Å². The van der Waals surface area contributed by atoms with Crippen LogP contribution < -0.4 is 5.73 Å². The maximum Gasteiger partial charge on any atom is 0.223 e. The average molecular weight is 217 g/mol. The van der Waals surface area contributed by atoms with Gasteiger partial charge in [-0.25, -0.2) is 0 Å². The van der Waals surface area contributed by atoms with Gasteiger partial charge in [-0.05, 0) is 32.1 Å². The van der Waals surface area contributed by atoms with Gasteiger partial charge in [0.05, 0.1) is 0 Å². The quantitative estimate of drug-likeness (QED) is 0.713. The molecule has 0 unspecified atom stereocenters. The summed E-state index contributed by atoms with van der Waals surface area (Å²) in [5, 5.41) is 0. The number of carbonyl (C=O) groups is 1. The average Bonchev–Trinajstić information content (AvgIpc) is 1.99. The fourth-order valence-electron chi connectivity index (χ4n) is 3.40. The van der Waals surface area contributed by atoms with Crippen LogP contribution in [0.5, 0.6) is 0 Å². The van der Waals surface area contributed by atoms with Crippen molar-refractivity contribution < 1.29 is 4.79 Å². The molecule has 0 aromatic rings. The fraction of sp³-hybridized carbons (Fsp3) is 0.900. The lowest BCUT2D eigenvalue weighted by Crippen LogP contribution is -2.83. The molecule has 0 aromatic heterocycles. The molecule has 0 radical (unpaired) electrons. The standard InChI is InChI=1S/C10H16N2O.ClH/c11-9-5-10(6-9,7-9)12-4-2-1-3-8(12)13;/h1-7,11H2;1H. The number of likely N-dealkylation sites (tertiary alicyclic amines) is 1. The summed E-state index contributed by atoms with van der Waals surface area (Å²) in [5.74, 6) is 0.369. The van der Waals surface area contributed by atoms with Gasteiger partial charge in [0.1, 0.15) is 0 Å². The Bertz CT molecular complexity index is 260. The number of hydrogen-bond donors (Lipinski definition) is 1. The third kappa shape index (κ3) is 1.12. The molecule has 1 aliphatic heterocycles. The van der Waals surface area contributed by atoms with Crippen molar-refractivity contribution in [1.82, 2.24) is 4.90 Å². The summed E-state index contributed by atoms with van der Waals surface area (Å²) in [6.07, 6.45) is 6.22. The van der Waals surface area contributed by atoms with Crippen molar-refractivity contribution in [2.75, 3.05) is 6.54 Å². The Labute approximate surface area is 90.4 Å². The van der Waals surface area contributed by atoms with Gasteiger partial charge >= 0.3 is 0 Å². The summed E-state index contributed by atoms with van der Waals surface area (Å²) in [7, 11) is 0. The van der Waals surface area contributed by atoms with Gasteiger partial charge in [-0.2, -0.15) is 0 Å². The molecule has 3 nitrogen and oxygen atoms in total. The van der Waals surface area contributed by atoms with E-state index in [0.717, 1.165) is 38.6 Å². The zero-order valence-electron chi connectivity index (χ0n) is 8.29. The van der Waals surface area contributed by atoms with Crippen LogP contribution in [-0.4, -0.2) is 28.4 Å². The van der Waals surface area contributed by atoms with Crippen LogP contribution >= 0.6 is 12.4 Å². The normalized spacial score (nSPS) is 44.9. The lowest BCUT2D eigenvalue weighted by Gasteiger charge is -2.72. The summed E-state index contributed by atoms with van der Waals surface area (Å²) < 4.78 is 0. The second kappa shape index (κ2) is 2.86. The Hall–Kier alpha value is -0.280. The highest BCUT2D eigenvalue weighted by molar-refractivity contribution is 5.85. The Morgan fingerprint density at radius 2 is 1.86 bits per heavy atom. The second-order valence-corrected chi connectivity index (χ2v) is 5.12. The topological polar surface area (TPSA) is 46.3 Å². The van der Waals surface area contributed by atoms with E-state index < -0.39 is 0 Å². The van der Waals surface area contributed by atoms with Crippen LogP contribution in [0.1, 0.15) is 38.5 Å². The van der Waals surface area contributed by atoms with Crippen molar-refractivity contribution in [3.63, 3.8) is 0 Å². The number of amides is 1. The van der Waals surface area contributed by atoms with Crippen molar-refractivity contribution in [1.29, 1.82) is 0 Å². The minimum Gasteiger partial charge on any atom is -0.337 e. The largest absolute Gasteiger partial charge is 0.337 e. The van der Waals surface area contributed by atoms with Gasteiger partial charge in [0.25, 0.3) is 0 Å². The number of carbonyl (C=O) groups excluding carboxylic acids is 1. The molecule has 80 valence electrons. The number of hydrogen-bond acceptors (Lipinski definition) is 2. The molecule has 3 aliphatic carbocycles. The van der Waals surface area contributed by atoms with E-state index in [4.69, 9.17) is 5.73 Å². The molecular weight excluding hydrogens is 200 g/mol. The van der Waals surface area contributed by atoms with Crippen molar-refractivity contribution in [3.8, 4) is 0 Å². The van der Waals surface area contributed by atoms with Crippen LogP contribution in [0.2, 0.25) is 0 Å². The molecule has 2 N–H and O–H groups in total. The number of rotatable bonds is 1. The molecule has 2 bridgehead atoms. The second-order valence-electron chi connectivity index (χ2n) is 5.12. The van der Waals surface area contributed by atoms with Gasteiger partial charge in [0.15, 0.2) is 0 Å². The molecule has 0 aromatic carbocycles. The smallest absolute Gasteiger partial charge is 0.223 e. The molecule has 1 saturated heterocycles. The van der Waals surface area contributed by atoms with E-state index in [2.05, 4.69) is 4.90 Å². The first-order valence-corrected chi connectivity index (χ1v) is 5.23. The third-order valence-electron chi connectivity index (χ3n) is 3.94. The van der Waals surface area contributed by atoms with Crippen molar-refractivity contribution in [2.24, 2.45) is 5.73 Å². The number of nitrogens with two attached hydrogens (primary N) is 1. The molecule has 4 aliphatic rings. The molecule has 4 fully saturated rings. The van der Waals surface area contributed by atoms with E-state index in [1.807, 2.05) is 0 Å². The summed E-state index contributed by atoms with van der Waals surface area (Å²) in [6.45, 7) is 0.981. The van der Waals surface area contributed by atoms with E-state index in [0.29, 0.717) is 5.91 Å². The lowest BCUT2D eigenvalue weighted by atomic mass is 9.44. The molecule has 1 amide bonds. The molecule has 0 atom stereocenters. The van der Waals surface area contributed by atoms with Crippen LogP contribution in [0.15, 0.2) is 0 Å². The highest BCUT2D eigenvalue weighted by Gasteiger charge is 2.69. The van der Waals surface area contributed by atoms with Crippen LogP contribution in [0.3, 0.4) is 0 Å². The molecule has 14 heavy (non-hydrogen) atoms. The van der Waals surface area contributed by atoms with Gasteiger partial charge in [-0.1, -0.05) is 0 Å². The summed E-state index contributed by atoms with van der Waals surface area (Å²) in [5.41, 5.74) is 6.34. The monoisotopic (exact) mass is 216 g/mol. The first-order chi connectivity index (χ1) is 6.14. The summed E-state index contributed by atoms with van der Waals surface area (Å²) in [6, 6.07) is 0. The highest BCUT2D eigenvalue weighted by Crippen LogP contribution is 2.62. The van der Waals surface area contributed by atoms with E-state index in [-0.39, 0.29) is 23.5 Å². The molecule has 3 saturated carbocycles. The molecular formula is C10H17ClN2O. The van der Waals surface area contributed by atoms with E-state index >= 15 is 0 Å². The van der Waals surface area contributed by atoms with E-state index in [9.17, 15) is 4.79 Å². The maximum atomic E-state index is 11.6. The van der Waals surface area contributed by atoms with Gasteiger partial charge in [0.2, 0.25) is 5.91 Å². The summed E-state index contributed by atoms with van der Waals surface area (Å²) >= 11 is 0. The first kappa shape index (κ1) is 10.2.